The monoisotopic (exact) mass is 282 g/mol. The predicted octanol–water partition coefficient (Wildman–Crippen LogP) is 0.673. The van der Waals surface area contributed by atoms with Gasteiger partial charge in [-0.3, -0.25) is 4.79 Å². The Hall–Kier alpha value is -0.313. The first-order chi connectivity index (χ1) is 7.49. The first-order valence-corrected chi connectivity index (χ1v) is 6.11. The molecule has 0 saturated heterocycles. The molecule has 0 aliphatic carbocycles. The van der Waals surface area contributed by atoms with Crippen LogP contribution in [-0.4, -0.2) is 45.4 Å². The summed E-state index contributed by atoms with van der Waals surface area (Å²) in [6.45, 7) is 8.58. The Kier molecular flexibility index (Phi) is 22.5. The first-order valence-electron chi connectivity index (χ1n) is 4.68. The molecule has 0 saturated carbocycles. The van der Waals surface area contributed by atoms with Crippen molar-refractivity contribution < 1.29 is 9.53 Å². The molecule has 0 unspecified atom stereocenters. The van der Waals surface area contributed by atoms with Crippen molar-refractivity contribution in [2.24, 2.45) is 11.1 Å². The number of thiol groups is 1. The Labute approximate surface area is 112 Å². The van der Waals surface area contributed by atoms with Gasteiger partial charge in [0.05, 0.1) is 6.61 Å². The maximum absolute atomic E-state index is 9.09. The highest BCUT2D eigenvalue weighted by Crippen LogP contribution is 1.92. The molecule has 5 nitrogen and oxygen atoms in total. The van der Waals surface area contributed by atoms with Gasteiger partial charge in [-0.25, -0.2) is 0 Å². The van der Waals surface area contributed by atoms with Crippen LogP contribution in [0.4, 0.5) is 4.79 Å². The van der Waals surface area contributed by atoms with Crippen molar-refractivity contribution >= 4 is 45.7 Å². The Morgan fingerprint density at radius 2 is 1.69 bits per heavy atom. The van der Waals surface area contributed by atoms with Gasteiger partial charge < -0.3 is 20.8 Å². The summed E-state index contributed by atoms with van der Waals surface area (Å²) < 4.78 is 5.14. The number of nitrogens with zero attached hydrogens (tertiary/aromatic N) is 1. The molecule has 0 aromatic carbocycles. The van der Waals surface area contributed by atoms with E-state index in [1.165, 1.54) is 0 Å². The van der Waals surface area contributed by atoms with Gasteiger partial charge in [0.2, 0.25) is 0 Å². The average Bonchev–Trinajstić information content (AvgIpc) is 2.22. The smallest absolute Gasteiger partial charge is 0.273 e. The lowest BCUT2D eigenvalue weighted by molar-refractivity contribution is 0.264. The molecule has 4 N–H and O–H groups in total. The molecule has 0 aromatic rings. The van der Waals surface area contributed by atoms with E-state index >= 15 is 0 Å². The molecule has 0 aliphatic heterocycles. The van der Waals surface area contributed by atoms with Crippen LogP contribution in [0.1, 0.15) is 20.8 Å². The van der Waals surface area contributed by atoms with Crippen molar-refractivity contribution in [3.63, 3.8) is 0 Å². The third-order valence-corrected chi connectivity index (χ3v) is 1.67. The van der Waals surface area contributed by atoms with Crippen LogP contribution in [0.15, 0.2) is 0 Å². The second kappa shape index (κ2) is 17.1. The van der Waals surface area contributed by atoms with Gasteiger partial charge >= 0.3 is 0 Å². The van der Waals surface area contributed by atoms with Gasteiger partial charge in [-0.15, -0.1) is 0 Å². The maximum Gasteiger partial charge on any atom is 0.273 e. The van der Waals surface area contributed by atoms with E-state index in [2.05, 4.69) is 48.0 Å². The third-order valence-electron chi connectivity index (χ3n) is 1.29. The lowest BCUT2D eigenvalue weighted by Crippen LogP contribution is -2.30. The lowest BCUT2D eigenvalue weighted by Gasteiger charge is -2.20. The topological polar surface area (TPSA) is 81.6 Å². The quantitative estimate of drug-likeness (QED) is 0.403. The lowest BCUT2D eigenvalue weighted by atomic mass is 10.6. The maximum atomic E-state index is 9.09. The number of nitrogens with two attached hydrogens (primary N) is 2. The summed E-state index contributed by atoms with van der Waals surface area (Å²) in [5.41, 5.74) is 4.34. The van der Waals surface area contributed by atoms with Crippen LogP contribution in [0, 0.1) is 0 Å². The molecule has 0 bridgehead atoms. The number of thiocarbonyl (C=S) groups is 1. The largest absolute Gasteiger partial charge is 0.471 e. The minimum atomic E-state index is -0.639. The van der Waals surface area contributed by atoms with Crippen LogP contribution in [0.2, 0.25) is 0 Å². The summed E-state index contributed by atoms with van der Waals surface area (Å²) in [6, 6.07) is 0. The fourth-order valence-electron chi connectivity index (χ4n) is 0.697. The third kappa shape index (κ3) is 19.3. The Bertz CT molecular complexity index is 177. The molecule has 0 aliphatic rings. The van der Waals surface area contributed by atoms with Gasteiger partial charge in [0.15, 0.2) is 0 Å². The second-order valence-electron chi connectivity index (χ2n) is 2.21. The molecule has 0 atom stereocenters. The summed E-state index contributed by atoms with van der Waals surface area (Å²) in [7, 11) is 2.47. The molecule has 8 heteroatoms. The van der Waals surface area contributed by atoms with Gasteiger partial charge in [0, 0.05) is 13.1 Å². The van der Waals surface area contributed by atoms with Crippen LogP contribution in [-0.2, 0) is 4.74 Å². The fraction of sp³-hybridized carbons (Fsp3) is 0.750. The Morgan fingerprint density at radius 3 is 1.88 bits per heavy atom. The van der Waals surface area contributed by atoms with Crippen molar-refractivity contribution in [3.8, 4) is 0 Å². The zero-order valence-electron chi connectivity index (χ0n) is 9.90. The highest BCUT2D eigenvalue weighted by Gasteiger charge is 2.03. The Balaban J connectivity index is -0.000000237. The summed E-state index contributed by atoms with van der Waals surface area (Å²) in [5, 5.41) is 4.28. The van der Waals surface area contributed by atoms with Crippen molar-refractivity contribution in [2.45, 2.75) is 20.8 Å². The van der Waals surface area contributed by atoms with Crippen LogP contribution in [0.3, 0.4) is 0 Å². The Morgan fingerprint density at radius 1 is 1.38 bits per heavy atom. The normalized spacial score (nSPS) is 7.62. The summed E-state index contributed by atoms with van der Waals surface area (Å²) >= 11 is 8.08. The molecule has 0 heterocycles. The van der Waals surface area contributed by atoms with Crippen LogP contribution in [0.25, 0.3) is 0 Å². The standard InChI is InChI=1S/C7H15NOS.CH3NOS.H2NSi/c1-4-8(5-2)7(10)9-6-3;2-1(3)4;1-2/h4-6H2,1-3H3;(H3,2,3,4);1H2. The summed E-state index contributed by atoms with van der Waals surface area (Å²) in [6.07, 6.45) is 0. The van der Waals surface area contributed by atoms with E-state index < -0.39 is 5.24 Å². The van der Waals surface area contributed by atoms with Crippen molar-refractivity contribution in [1.29, 1.82) is 0 Å². The number of carbonyl (C=O) groups excluding carboxylic acids is 1. The van der Waals surface area contributed by atoms with E-state index in [-0.39, 0.29) is 0 Å². The molecule has 3 radical (unpaired) electrons. The van der Waals surface area contributed by atoms with E-state index in [0.29, 0.717) is 11.8 Å². The van der Waals surface area contributed by atoms with Gasteiger partial charge in [-0.1, -0.05) is 12.6 Å². The zero-order valence-corrected chi connectivity index (χ0v) is 12.6. The van der Waals surface area contributed by atoms with Gasteiger partial charge in [-0.2, -0.15) is 0 Å². The number of primary amides is 1. The van der Waals surface area contributed by atoms with Crippen LogP contribution >= 0.6 is 24.8 Å². The molecule has 1 amide bonds. The van der Waals surface area contributed by atoms with E-state index in [1.807, 2.05) is 11.8 Å². The SMILES string of the molecule is CCOC(=S)N(CC)CC.NC(=O)S.N[Si]. The molecule has 0 aromatic heterocycles. The zero-order chi connectivity index (χ0) is 13.6. The number of ether oxygens (including phenoxy) is 1. The number of hydrogen-bond acceptors (Lipinski definition) is 4. The fourth-order valence-corrected chi connectivity index (χ4v) is 1.07. The highest BCUT2D eigenvalue weighted by molar-refractivity contribution is 7.96. The molecule has 0 fully saturated rings. The van der Waals surface area contributed by atoms with Crippen molar-refractivity contribution in [1.82, 2.24) is 4.90 Å². The number of hydrogen-bond donors (Lipinski definition) is 3. The molecule has 0 spiro atoms. The van der Waals surface area contributed by atoms with Gasteiger partial charge in [-0.05, 0) is 33.0 Å². The van der Waals surface area contributed by atoms with E-state index in [1.54, 1.807) is 0 Å². The average molecular weight is 282 g/mol. The van der Waals surface area contributed by atoms with E-state index in [9.17, 15) is 0 Å². The second-order valence-corrected chi connectivity index (χ2v) is 3.00. The van der Waals surface area contributed by atoms with Gasteiger partial charge in [0.1, 0.15) is 10.4 Å². The number of amides is 1. The number of carbonyl (C=O) groups is 1. The molecule has 95 valence electrons. The molecule has 0 rings (SSSR count). The first kappa shape index (κ1) is 21.0. The van der Waals surface area contributed by atoms with Crippen molar-refractivity contribution in [3.05, 3.63) is 0 Å². The minimum absolute atomic E-state index is 0.618. The molecular weight excluding hydrogens is 262 g/mol. The summed E-state index contributed by atoms with van der Waals surface area (Å²) in [5.74, 6) is 0. The molecule has 16 heavy (non-hydrogen) atoms. The molecular formula is C8H20N3O2S2Si. The predicted molar refractivity (Wildman–Crippen MR) is 75.7 cm³/mol. The van der Waals surface area contributed by atoms with Crippen LogP contribution in [0.5, 0.6) is 0 Å². The van der Waals surface area contributed by atoms with E-state index in [0.717, 1.165) is 13.1 Å². The van der Waals surface area contributed by atoms with Crippen molar-refractivity contribution in [2.75, 3.05) is 19.7 Å². The van der Waals surface area contributed by atoms with Crippen LogP contribution < -0.4 is 11.1 Å². The summed E-state index contributed by atoms with van der Waals surface area (Å²) in [4.78, 5) is 11.1. The number of rotatable bonds is 3. The van der Waals surface area contributed by atoms with Gasteiger partial charge in [0.25, 0.3) is 10.4 Å². The highest BCUT2D eigenvalue weighted by atomic mass is 32.1. The van der Waals surface area contributed by atoms with E-state index in [4.69, 9.17) is 21.7 Å². The minimum Gasteiger partial charge on any atom is -0.471 e.